The number of nitrogens with one attached hydrogen (secondary N) is 1. The normalized spacial score (nSPS) is 20.9. The van der Waals surface area contributed by atoms with Crippen molar-refractivity contribution >= 4 is 0 Å². The average Bonchev–Trinajstić information content (AvgIpc) is 2.76. The molecule has 0 fully saturated rings. The summed E-state index contributed by atoms with van der Waals surface area (Å²) in [4.78, 5) is 5.07. The third-order valence-electron chi connectivity index (χ3n) is 3.48. The minimum atomic E-state index is 0.0703. The summed E-state index contributed by atoms with van der Waals surface area (Å²) < 4.78 is 5.82. The molecule has 1 heterocycles. The maximum absolute atomic E-state index is 5.82. The third-order valence-corrected chi connectivity index (χ3v) is 3.48. The highest BCUT2D eigenvalue weighted by Gasteiger charge is 2.31. The number of rotatable bonds is 3. The van der Waals surface area contributed by atoms with Crippen LogP contribution in [0.25, 0.3) is 11.1 Å². The van der Waals surface area contributed by atoms with Crippen LogP contribution < -0.4 is 10.2 Å². The molecule has 2 aromatic rings. The third kappa shape index (κ3) is 2.23. The van der Waals surface area contributed by atoms with Crippen molar-refractivity contribution in [3.63, 3.8) is 0 Å². The van der Waals surface area contributed by atoms with E-state index in [4.69, 9.17) is 9.57 Å². The molecule has 1 N–H and O–H groups in total. The van der Waals surface area contributed by atoms with Crippen molar-refractivity contribution in [2.45, 2.75) is 19.1 Å². The van der Waals surface area contributed by atoms with Crippen LogP contribution in [-0.2, 0) is 4.84 Å². The predicted octanol–water partition coefficient (Wildman–Crippen LogP) is 3.33. The van der Waals surface area contributed by atoms with Crippen molar-refractivity contribution in [3.8, 4) is 16.9 Å². The zero-order valence-electron chi connectivity index (χ0n) is 11.1. The first kappa shape index (κ1) is 12.2. The van der Waals surface area contributed by atoms with Crippen LogP contribution in [0, 0.1) is 0 Å². The molecule has 2 unspecified atom stereocenters. The van der Waals surface area contributed by atoms with Gasteiger partial charge in [0.2, 0.25) is 0 Å². The van der Waals surface area contributed by atoms with E-state index >= 15 is 0 Å². The van der Waals surface area contributed by atoms with Gasteiger partial charge in [-0.25, -0.2) is 0 Å². The maximum Gasteiger partial charge on any atom is 0.124 e. The first-order valence-electron chi connectivity index (χ1n) is 6.44. The molecule has 2 atom stereocenters. The molecule has 98 valence electrons. The van der Waals surface area contributed by atoms with E-state index in [0.717, 1.165) is 11.3 Å². The Bertz CT molecular complexity index is 568. The van der Waals surface area contributed by atoms with E-state index in [1.54, 1.807) is 7.11 Å². The Morgan fingerprint density at radius 1 is 1.05 bits per heavy atom. The van der Waals surface area contributed by atoms with Gasteiger partial charge in [0.05, 0.1) is 13.2 Å². The van der Waals surface area contributed by atoms with Gasteiger partial charge in [-0.15, -0.1) is 0 Å². The van der Waals surface area contributed by atoms with Gasteiger partial charge in [0.1, 0.15) is 11.9 Å². The smallest absolute Gasteiger partial charge is 0.124 e. The zero-order chi connectivity index (χ0) is 13.2. The molecule has 0 spiro atoms. The molecule has 3 nitrogen and oxygen atoms in total. The van der Waals surface area contributed by atoms with Gasteiger partial charge in [-0.1, -0.05) is 36.4 Å². The second-order valence-electron chi connectivity index (χ2n) is 4.74. The molecule has 1 aliphatic heterocycles. The van der Waals surface area contributed by atoms with E-state index in [1.807, 2.05) is 31.2 Å². The highest BCUT2D eigenvalue weighted by Crippen LogP contribution is 2.38. The average molecular weight is 255 g/mol. The van der Waals surface area contributed by atoms with Crippen molar-refractivity contribution in [2.75, 3.05) is 7.11 Å². The molecular formula is C16H17NO2. The number of hydroxylamine groups is 1. The largest absolute Gasteiger partial charge is 0.488 e. The summed E-state index contributed by atoms with van der Waals surface area (Å²) in [5, 5.41) is 0. The molecule has 0 saturated carbocycles. The van der Waals surface area contributed by atoms with Crippen LogP contribution >= 0.6 is 0 Å². The van der Waals surface area contributed by atoms with Crippen LogP contribution in [0.2, 0.25) is 0 Å². The van der Waals surface area contributed by atoms with Gasteiger partial charge in [-0.05, 0) is 30.2 Å². The fourth-order valence-electron chi connectivity index (χ4n) is 2.52. The molecule has 0 amide bonds. The number of fused-ring (bicyclic) bond motifs is 1. The monoisotopic (exact) mass is 255 g/mol. The first-order chi connectivity index (χ1) is 9.29. The summed E-state index contributed by atoms with van der Waals surface area (Å²) in [5.41, 5.74) is 6.56. The fraction of sp³-hybridized carbons (Fsp3) is 0.250. The van der Waals surface area contributed by atoms with Gasteiger partial charge in [-0.3, -0.25) is 0 Å². The van der Waals surface area contributed by atoms with Crippen LogP contribution in [-0.4, -0.2) is 13.2 Å². The van der Waals surface area contributed by atoms with E-state index < -0.39 is 0 Å². The van der Waals surface area contributed by atoms with Crippen LogP contribution in [0.1, 0.15) is 18.5 Å². The number of hydrogen-bond acceptors (Lipinski definition) is 3. The Balaban J connectivity index is 2.00. The van der Waals surface area contributed by atoms with E-state index in [9.17, 15) is 0 Å². The molecule has 2 aromatic carbocycles. The molecule has 0 saturated heterocycles. The standard InChI is InChI=1S/C16H17NO2/c1-11-16(17-18-2)14-10-13(8-9-15(14)19-11)12-6-4-3-5-7-12/h3-11,16-17H,1-2H3. The van der Waals surface area contributed by atoms with Gasteiger partial charge in [-0.2, -0.15) is 5.48 Å². The first-order valence-corrected chi connectivity index (χ1v) is 6.44. The lowest BCUT2D eigenvalue weighted by molar-refractivity contribution is 0.0339. The fourth-order valence-corrected chi connectivity index (χ4v) is 2.52. The second-order valence-corrected chi connectivity index (χ2v) is 4.74. The summed E-state index contributed by atoms with van der Waals surface area (Å²) in [6.07, 6.45) is 0.0703. The molecule has 0 aromatic heterocycles. The minimum Gasteiger partial charge on any atom is -0.488 e. The lowest BCUT2D eigenvalue weighted by Gasteiger charge is -2.14. The predicted molar refractivity (Wildman–Crippen MR) is 74.9 cm³/mol. The van der Waals surface area contributed by atoms with Crippen molar-refractivity contribution < 1.29 is 9.57 Å². The molecule has 0 bridgehead atoms. The molecule has 19 heavy (non-hydrogen) atoms. The lowest BCUT2D eigenvalue weighted by atomic mass is 9.99. The Morgan fingerprint density at radius 3 is 2.58 bits per heavy atom. The molecule has 0 radical (unpaired) electrons. The van der Waals surface area contributed by atoms with E-state index in [1.165, 1.54) is 11.1 Å². The lowest BCUT2D eigenvalue weighted by Crippen LogP contribution is -2.27. The van der Waals surface area contributed by atoms with E-state index in [-0.39, 0.29) is 12.1 Å². The van der Waals surface area contributed by atoms with Gasteiger partial charge in [0, 0.05) is 5.56 Å². The zero-order valence-corrected chi connectivity index (χ0v) is 11.1. The van der Waals surface area contributed by atoms with Crippen molar-refractivity contribution in [1.82, 2.24) is 5.48 Å². The topological polar surface area (TPSA) is 30.5 Å². The van der Waals surface area contributed by atoms with Gasteiger partial charge < -0.3 is 9.57 Å². The summed E-state index contributed by atoms with van der Waals surface area (Å²) in [6, 6.07) is 16.7. The minimum absolute atomic E-state index is 0.0703. The quantitative estimate of drug-likeness (QED) is 0.853. The SMILES string of the molecule is CONC1c2cc(-c3ccccc3)ccc2OC1C. The van der Waals surface area contributed by atoms with Crippen molar-refractivity contribution in [1.29, 1.82) is 0 Å². The summed E-state index contributed by atoms with van der Waals surface area (Å²) in [7, 11) is 1.63. The highest BCUT2D eigenvalue weighted by atomic mass is 16.6. The number of hydrogen-bond donors (Lipinski definition) is 1. The van der Waals surface area contributed by atoms with Crippen LogP contribution in [0.5, 0.6) is 5.75 Å². The molecule has 0 aliphatic carbocycles. The molecule has 3 heteroatoms. The molecule has 3 rings (SSSR count). The summed E-state index contributed by atoms with van der Waals surface area (Å²) >= 11 is 0. The summed E-state index contributed by atoms with van der Waals surface area (Å²) in [5.74, 6) is 0.932. The van der Waals surface area contributed by atoms with Crippen LogP contribution in [0.3, 0.4) is 0 Å². The van der Waals surface area contributed by atoms with Crippen LogP contribution in [0.4, 0.5) is 0 Å². The Hall–Kier alpha value is -1.84. The molecule has 1 aliphatic rings. The maximum atomic E-state index is 5.82. The van der Waals surface area contributed by atoms with Crippen LogP contribution in [0.15, 0.2) is 48.5 Å². The Kier molecular flexibility index (Phi) is 3.23. The second kappa shape index (κ2) is 5.03. The van der Waals surface area contributed by atoms with Gasteiger partial charge in [0.25, 0.3) is 0 Å². The van der Waals surface area contributed by atoms with E-state index in [0.29, 0.717) is 0 Å². The number of benzene rings is 2. The molecular weight excluding hydrogens is 238 g/mol. The van der Waals surface area contributed by atoms with Gasteiger partial charge in [0.15, 0.2) is 0 Å². The Labute approximate surface area is 113 Å². The van der Waals surface area contributed by atoms with Crippen molar-refractivity contribution in [3.05, 3.63) is 54.1 Å². The summed E-state index contributed by atoms with van der Waals surface area (Å²) in [6.45, 7) is 2.04. The number of ether oxygens (including phenoxy) is 1. The highest BCUT2D eigenvalue weighted by molar-refractivity contribution is 5.66. The van der Waals surface area contributed by atoms with Crippen molar-refractivity contribution in [2.24, 2.45) is 0 Å². The van der Waals surface area contributed by atoms with E-state index in [2.05, 4.69) is 29.7 Å². The Morgan fingerprint density at radius 2 is 1.84 bits per heavy atom. The van der Waals surface area contributed by atoms with Gasteiger partial charge >= 0.3 is 0 Å².